The molecule has 0 bridgehead atoms. The SMILES string of the molecule is CCN(CC(=O)N1CCCC1c1ccc(OC)c(OC)c1)c1ccc(F)cc1. The summed E-state index contributed by atoms with van der Waals surface area (Å²) >= 11 is 0. The molecule has 0 spiro atoms. The maximum absolute atomic E-state index is 13.2. The van der Waals surface area contributed by atoms with Crippen LogP contribution in [0.4, 0.5) is 10.1 Å². The van der Waals surface area contributed by atoms with E-state index in [-0.39, 0.29) is 24.3 Å². The first kappa shape index (κ1) is 20.0. The zero-order valence-corrected chi connectivity index (χ0v) is 16.7. The molecule has 28 heavy (non-hydrogen) atoms. The molecule has 0 radical (unpaired) electrons. The summed E-state index contributed by atoms with van der Waals surface area (Å²) in [5.74, 6) is 1.14. The molecule has 1 heterocycles. The third kappa shape index (κ3) is 4.21. The highest BCUT2D eigenvalue weighted by atomic mass is 19.1. The number of likely N-dealkylation sites (tertiary alicyclic amines) is 1. The largest absolute Gasteiger partial charge is 0.493 e. The van der Waals surface area contributed by atoms with Crippen LogP contribution < -0.4 is 14.4 Å². The lowest BCUT2D eigenvalue weighted by Gasteiger charge is -2.29. The Morgan fingerprint density at radius 3 is 2.50 bits per heavy atom. The van der Waals surface area contributed by atoms with E-state index in [1.165, 1.54) is 12.1 Å². The molecule has 1 atom stereocenters. The number of halogens is 1. The van der Waals surface area contributed by atoms with Crippen LogP contribution >= 0.6 is 0 Å². The van der Waals surface area contributed by atoms with E-state index in [1.54, 1.807) is 26.4 Å². The first-order valence-electron chi connectivity index (χ1n) is 9.59. The molecule has 1 unspecified atom stereocenters. The van der Waals surface area contributed by atoms with Crippen LogP contribution in [0, 0.1) is 5.82 Å². The normalized spacial score (nSPS) is 16.1. The van der Waals surface area contributed by atoms with Crippen LogP contribution in [0.1, 0.15) is 31.4 Å². The lowest BCUT2D eigenvalue weighted by molar-refractivity contribution is -0.130. The van der Waals surface area contributed by atoms with Crippen molar-refractivity contribution >= 4 is 11.6 Å². The molecule has 2 aromatic carbocycles. The summed E-state index contributed by atoms with van der Waals surface area (Å²) in [5, 5.41) is 0. The van der Waals surface area contributed by atoms with Crippen LogP contribution in [0.5, 0.6) is 11.5 Å². The zero-order chi connectivity index (χ0) is 20.1. The van der Waals surface area contributed by atoms with E-state index in [4.69, 9.17) is 9.47 Å². The molecule has 1 saturated heterocycles. The van der Waals surface area contributed by atoms with Gasteiger partial charge in [0, 0.05) is 18.8 Å². The van der Waals surface area contributed by atoms with E-state index < -0.39 is 0 Å². The monoisotopic (exact) mass is 386 g/mol. The van der Waals surface area contributed by atoms with Crippen LogP contribution in [-0.2, 0) is 4.79 Å². The minimum atomic E-state index is -0.279. The van der Waals surface area contributed by atoms with Crippen molar-refractivity contribution in [1.82, 2.24) is 4.90 Å². The predicted octanol–water partition coefficient (Wildman–Crippen LogP) is 4.03. The van der Waals surface area contributed by atoms with Gasteiger partial charge in [0.2, 0.25) is 5.91 Å². The molecule has 3 rings (SSSR count). The maximum atomic E-state index is 13.2. The van der Waals surface area contributed by atoms with E-state index in [2.05, 4.69) is 0 Å². The van der Waals surface area contributed by atoms with Gasteiger partial charge < -0.3 is 19.3 Å². The molecule has 0 saturated carbocycles. The number of ether oxygens (including phenoxy) is 2. The molecular formula is C22H27FN2O3. The Kier molecular flexibility index (Phi) is 6.39. The number of hydrogen-bond acceptors (Lipinski definition) is 4. The first-order chi connectivity index (χ1) is 13.6. The second-order valence-electron chi connectivity index (χ2n) is 6.85. The fourth-order valence-electron chi connectivity index (χ4n) is 3.76. The smallest absolute Gasteiger partial charge is 0.242 e. The molecular weight excluding hydrogens is 359 g/mol. The van der Waals surface area contributed by atoms with E-state index in [0.29, 0.717) is 18.0 Å². The summed E-state index contributed by atoms with van der Waals surface area (Å²) in [7, 11) is 3.22. The highest BCUT2D eigenvalue weighted by molar-refractivity contribution is 5.82. The van der Waals surface area contributed by atoms with Gasteiger partial charge in [0.15, 0.2) is 11.5 Å². The van der Waals surface area contributed by atoms with Crippen molar-refractivity contribution < 1.29 is 18.7 Å². The Labute approximate surface area is 165 Å². The number of carbonyl (C=O) groups excluding carboxylic acids is 1. The Balaban J connectivity index is 1.76. The molecule has 1 aliphatic rings. The van der Waals surface area contributed by atoms with Gasteiger partial charge in [-0.15, -0.1) is 0 Å². The highest BCUT2D eigenvalue weighted by Gasteiger charge is 2.31. The molecule has 1 fully saturated rings. The summed E-state index contributed by atoms with van der Waals surface area (Å²) < 4.78 is 23.9. The summed E-state index contributed by atoms with van der Waals surface area (Å²) in [4.78, 5) is 17.0. The highest BCUT2D eigenvalue weighted by Crippen LogP contribution is 2.37. The summed E-state index contributed by atoms with van der Waals surface area (Å²) in [6.07, 6.45) is 1.89. The second-order valence-corrected chi connectivity index (χ2v) is 6.85. The van der Waals surface area contributed by atoms with Crippen molar-refractivity contribution in [1.29, 1.82) is 0 Å². The van der Waals surface area contributed by atoms with Gasteiger partial charge >= 0.3 is 0 Å². The molecule has 5 nitrogen and oxygen atoms in total. The van der Waals surface area contributed by atoms with Crippen molar-refractivity contribution in [3.05, 3.63) is 53.8 Å². The minimum absolute atomic E-state index is 0.0271. The van der Waals surface area contributed by atoms with Crippen LogP contribution in [-0.4, -0.2) is 44.7 Å². The lowest BCUT2D eigenvalue weighted by Crippen LogP contribution is -2.40. The minimum Gasteiger partial charge on any atom is -0.493 e. The van der Waals surface area contributed by atoms with Crippen molar-refractivity contribution in [3.8, 4) is 11.5 Å². The second kappa shape index (κ2) is 8.95. The molecule has 0 aromatic heterocycles. The van der Waals surface area contributed by atoms with Gasteiger partial charge in [-0.2, -0.15) is 0 Å². The van der Waals surface area contributed by atoms with Crippen molar-refractivity contribution in [2.24, 2.45) is 0 Å². The first-order valence-corrected chi connectivity index (χ1v) is 9.59. The van der Waals surface area contributed by atoms with Gasteiger partial charge in [0.25, 0.3) is 0 Å². The zero-order valence-electron chi connectivity index (χ0n) is 16.7. The lowest BCUT2D eigenvalue weighted by atomic mass is 10.0. The molecule has 6 heteroatoms. The molecule has 1 aliphatic heterocycles. The number of anilines is 1. The van der Waals surface area contributed by atoms with Crippen LogP contribution in [0.25, 0.3) is 0 Å². The summed E-state index contributed by atoms with van der Waals surface area (Å²) in [6, 6.07) is 12.1. The van der Waals surface area contributed by atoms with Crippen LogP contribution in [0.2, 0.25) is 0 Å². The summed E-state index contributed by atoms with van der Waals surface area (Å²) in [6.45, 7) is 3.67. The maximum Gasteiger partial charge on any atom is 0.242 e. The number of carbonyl (C=O) groups is 1. The fraction of sp³-hybridized carbons (Fsp3) is 0.409. The Hall–Kier alpha value is -2.76. The van der Waals surface area contributed by atoms with E-state index in [0.717, 1.165) is 30.6 Å². The van der Waals surface area contributed by atoms with Crippen molar-refractivity contribution in [2.75, 3.05) is 38.8 Å². The molecule has 0 aliphatic carbocycles. The third-order valence-electron chi connectivity index (χ3n) is 5.27. The van der Waals surface area contributed by atoms with E-state index in [9.17, 15) is 9.18 Å². The van der Waals surface area contributed by atoms with Crippen molar-refractivity contribution in [2.45, 2.75) is 25.8 Å². The van der Waals surface area contributed by atoms with Crippen LogP contribution in [0.3, 0.4) is 0 Å². The Morgan fingerprint density at radius 2 is 1.86 bits per heavy atom. The average Bonchev–Trinajstić information content (AvgIpc) is 3.22. The Bertz CT molecular complexity index is 810. The molecule has 2 aromatic rings. The number of rotatable bonds is 7. The third-order valence-corrected chi connectivity index (χ3v) is 5.27. The number of nitrogens with zero attached hydrogens (tertiary/aromatic N) is 2. The molecule has 150 valence electrons. The summed E-state index contributed by atoms with van der Waals surface area (Å²) in [5.41, 5.74) is 1.90. The number of benzene rings is 2. The van der Waals surface area contributed by atoms with Crippen molar-refractivity contribution in [3.63, 3.8) is 0 Å². The number of methoxy groups -OCH3 is 2. The Morgan fingerprint density at radius 1 is 1.14 bits per heavy atom. The fourth-order valence-corrected chi connectivity index (χ4v) is 3.76. The van der Waals surface area contributed by atoms with Gasteiger partial charge in [-0.05, 0) is 61.7 Å². The van der Waals surface area contributed by atoms with Gasteiger partial charge in [-0.25, -0.2) is 4.39 Å². The van der Waals surface area contributed by atoms with Crippen LogP contribution in [0.15, 0.2) is 42.5 Å². The number of amides is 1. The topological polar surface area (TPSA) is 42.0 Å². The van der Waals surface area contributed by atoms with Gasteiger partial charge in [0.1, 0.15) is 5.82 Å². The quantitative estimate of drug-likeness (QED) is 0.720. The standard InChI is InChI=1S/C22H27FN2O3/c1-4-24(18-10-8-17(23)9-11-18)15-22(26)25-13-5-6-19(25)16-7-12-20(27-2)21(14-16)28-3/h7-12,14,19H,4-6,13,15H2,1-3H3. The molecule has 1 amide bonds. The van der Waals surface area contributed by atoms with Gasteiger partial charge in [-0.3, -0.25) is 4.79 Å². The predicted molar refractivity (Wildman–Crippen MR) is 108 cm³/mol. The van der Waals surface area contributed by atoms with E-state index in [1.807, 2.05) is 34.9 Å². The molecule has 0 N–H and O–H groups in total. The van der Waals surface area contributed by atoms with E-state index >= 15 is 0 Å². The number of likely N-dealkylation sites (N-methyl/N-ethyl adjacent to an activating group) is 1. The number of hydrogen-bond donors (Lipinski definition) is 0. The van der Waals surface area contributed by atoms with Gasteiger partial charge in [-0.1, -0.05) is 6.07 Å². The van der Waals surface area contributed by atoms with Gasteiger partial charge in [0.05, 0.1) is 26.8 Å². The average molecular weight is 386 g/mol.